The van der Waals surface area contributed by atoms with Crippen molar-refractivity contribution in [3.05, 3.63) is 49.5 Å². The number of carbonyl (C=O) groups excluding carboxylic acids is 1. The van der Waals surface area contributed by atoms with Crippen LogP contribution in [0.4, 0.5) is 0 Å². The maximum Gasteiger partial charge on any atom is 0.274 e. The number of rotatable bonds is 5. The molecule has 1 saturated heterocycles. The summed E-state index contributed by atoms with van der Waals surface area (Å²) in [7, 11) is 0. The fraction of sp³-hybridized carbons (Fsp3) is 0.471. The maximum absolute atomic E-state index is 12.6. The highest BCUT2D eigenvalue weighted by Gasteiger charge is 2.23. The smallest absolute Gasteiger partial charge is 0.274 e. The van der Waals surface area contributed by atoms with Gasteiger partial charge in [-0.15, -0.1) is 11.3 Å². The third-order valence-corrected chi connectivity index (χ3v) is 5.40. The Morgan fingerprint density at radius 1 is 1.20 bits per heavy atom. The van der Waals surface area contributed by atoms with E-state index in [1.807, 2.05) is 19.1 Å². The van der Waals surface area contributed by atoms with Gasteiger partial charge in [0, 0.05) is 50.2 Å². The van der Waals surface area contributed by atoms with Crippen LogP contribution >= 0.6 is 22.9 Å². The molecule has 2 aromatic rings. The standard InChI is InChI=1S/C17H21ClN4O2S/c1-2-7-22-16(23)6-4-14(19-22)17(24)21-10-8-20(9-11-21)12-13-3-5-15(18)25-13/h3-6H,2,7-12H2,1H3. The van der Waals surface area contributed by atoms with Crippen molar-refractivity contribution in [3.63, 3.8) is 0 Å². The Hall–Kier alpha value is -1.70. The third-order valence-electron chi connectivity index (χ3n) is 4.19. The van der Waals surface area contributed by atoms with Crippen LogP contribution in [0.1, 0.15) is 28.7 Å². The van der Waals surface area contributed by atoms with Crippen molar-refractivity contribution in [2.45, 2.75) is 26.4 Å². The molecule has 1 aliphatic rings. The first-order chi connectivity index (χ1) is 12.1. The molecule has 0 spiro atoms. The zero-order chi connectivity index (χ0) is 17.8. The summed E-state index contributed by atoms with van der Waals surface area (Å²) in [5.74, 6) is -0.108. The Morgan fingerprint density at radius 2 is 1.96 bits per heavy atom. The molecule has 0 bridgehead atoms. The minimum Gasteiger partial charge on any atom is -0.335 e. The summed E-state index contributed by atoms with van der Waals surface area (Å²) in [5, 5.41) is 4.21. The Balaban J connectivity index is 1.59. The quantitative estimate of drug-likeness (QED) is 0.798. The van der Waals surface area contributed by atoms with Crippen LogP contribution in [0, 0.1) is 0 Å². The monoisotopic (exact) mass is 380 g/mol. The van der Waals surface area contributed by atoms with E-state index in [1.54, 1.807) is 16.2 Å². The van der Waals surface area contributed by atoms with Gasteiger partial charge in [-0.25, -0.2) is 4.68 Å². The Bertz CT molecular complexity index is 796. The van der Waals surface area contributed by atoms with Crippen LogP contribution in [-0.2, 0) is 13.1 Å². The normalized spacial score (nSPS) is 15.5. The highest BCUT2D eigenvalue weighted by Crippen LogP contribution is 2.23. The molecule has 0 atom stereocenters. The molecule has 0 radical (unpaired) electrons. The molecule has 6 nitrogen and oxygen atoms in total. The van der Waals surface area contributed by atoms with Crippen LogP contribution in [0.25, 0.3) is 0 Å². The van der Waals surface area contributed by atoms with Crippen molar-refractivity contribution in [3.8, 4) is 0 Å². The Labute approximate surface area is 155 Å². The molecule has 0 aliphatic carbocycles. The minimum atomic E-state index is -0.169. The van der Waals surface area contributed by atoms with Crippen LogP contribution in [0.15, 0.2) is 29.1 Å². The highest BCUT2D eigenvalue weighted by molar-refractivity contribution is 7.16. The number of thiophene rings is 1. The van der Waals surface area contributed by atoms with Crippen LogP contribution in [0.3, 0.4) is 0 Å². The lowest BCUT2D eigenvalue weighted by Gasteiger charge is -2.34. The van der Waals surface area contributed by atoms with Gasteiger partial charge in [0.2, 0.25) is 0 Å². The van der Waals surface area contributed by atoms with E-state index in [-0.39, 0.29) is 11.5 Å². The fourth-order valence-corrected chi connectivity index (χ4v) is 3.99. The SMILES string of the molecule is CCCn1nc(C(=O)N2CCN(Cc3ccc(Cl)s3)CC2)ccc1=O. The average Bonchev–Trinajstić information content (AvgIpc) is 3.02. The van der Waals surface area contributed by atoms with Gasteiger partial charge in [0.1, 0.15) is 5.69 Å². The number of carbonyl (C=O) groups is 1. The Morgan fingerprint density at radius 3 is 2.60 bits per heavy atom. The number of hydrogen-bond acceptors (Lipinski definition) is 5. The first-order valence-electron chi connectivity index (χ1n) is 8.41. The number of hydrogen-bond donors (Lipinski definition) is 0. The van der Waals surface area contributed by atoms with Gasteiger partial charge in [-0.05, 0) is 24.6 Å². The molecule has 0 unspecified atom stereocenters. The van der Waals surface area contributed by atoms with E-state index in [0.717, 1.165) is 30.4 Å². The van der Waals surface area contributed by atoms with Gasteiger partial charge < -0.3 is 4.90 Å². The van der Waals surface area contributed by atoms with E-state index in [9.17, 15) is 9.59 Å². The summed E-state index contributed by atoms with van der Waals surface area (Å²) in [6, 6.07) is 6.91. The molecule has 1 aliphatic heterocycles. The molecule has 0 N–H and O–H groups in total. The van der Waals surface area contributed by atoms with Crippen molar-refractivity contribution < 1.29 is 4.79 Å². The van der Waals surface area contributed by atoms with E-state index < -0.39 is 0 Å². The molecule has 3 heterocycles. The zero-order valence-corrected chi connectivity index (χ0v) is 15.7. The van der Waals surface area contributed by atoms with E-state index in [1.165, 1.54) is 21.7 Å². The molecule has 25 heavy (non-hydrogen) atoms. The summed E-state index contributed by atoms with van der Waals surface area (Å²) >= 11 is 7.57. The molecule has 8 heteroatoms. The average molecular weight is 381 g/mol. The van der Waals surface area contributed by atoms with Gasteiger partial charge in [-0.2, -0.15) is 5.10 Å². The summed E-state index contributed by atoms with van der Waals surface area (Å²) in [5.41, 5.74) is 0.171. The predicted octanol–water partition coefficient (Wildman–Crippen LogP) is 2.33. The molecule has 1 fully saturated rings. The van der Waals surface area contributed by atoms with Gasteiger partial charge in [-0.1, -0.05) is 18.5 Å². The van der Waals surface area contributed by atoms with Gasteiger partial charge in [0.05, 0.1) is 4.34 Å². The maximum atomic E-state index is 12.6. The first-order valence-corrected chi connectivity index (χ1v) is 9.60. The molecule has 0 aromatic carbocycles. The van der Waals surface area contributed by atoms with E-state index in [4.69, 9.17) is 11.6 Å². The highest BCUT2D eigenvalue weighted by atomic mass is 35.5. The van der Waals surface area contributed by atoms with E-state index >= 15 is 0 Å². The van der Waals surface area contributed by atoms with Crippen molar-refractivity contribution in [1.29, 1.82) is 0 Å². The summed E-state index contributed by atoms with van der Waals surface area (Å²) in [6.45, 7) is 6.31. The number of amides is 1. The predicted molar refractivity (Wildman–Crippen MR) is 99.3 cm³/mol. The molecule has 0 saturated carbocycles. The molecule has 1 amide bonds. The number of nitrogens with zero attached hydrogens (tertiary/aromatic N) is 4. The lowest BCUT2D eigenvalue weighted by atomic mass is 10.2. The van der Waals surface area contributed by atoms with Crippen molar-refractivity contribution in [2.75, 3.05) is 26.2 Å². The minimum absolute atomic E-state index is 0.108. The fourth-order valence-electron chi connectivity index (χ4n) is 2.86. The van der Waals surface area contributed by atoms with Gasteiger partial charge in [0.15, 0.2) is 0 Å². The number of piperazine rings is 1. The number of aromatic nitrogens is 2. The molecular weight excluding hydrogens is 360 g/mol. The van der Waals surface area contributed by atoms with Crippen LogP contribution in [0.2, 0.25) is 4.34 Å². The second-order valence-corrected chi connectivity index (χ2v) is 7.85. The molecular formula is C17H21ClN4O2S. The van der Waals surface area contributed by atoms with Gasteiger partial charge >= 0.3 is 0 Å². The summed E-state index contributed by atoms with van der Waals surface area (Å²) in [6.07, 6.45) is 0.802. The summed E-state index contributed by atoms with van der Waals surface area (Å²) < 4.78 is 2.17. The topological polar surface area (TPSA) is 58.4 Å². The largest absolute Gasteiger partial charge is 0.335 e. The molecule has 2 aromatic heterocycles. The van der Waals surface area contributed by atoms with Crippen LogP contribution in [-0.4, -0.2) is 51.7 Å². The van der Waals surface area contributed by atoms with Crippen molar-refractivity contribution in [2.24, 2.45) is 0 Å². The number of halogens is 1. The van der Waals surface area contributed by atoms with Gasteiger partial charge in [0.25, 0.3) is 11.5 Å². The zero-order valence-electron chi connectivity index (χ0n) is 14.2. The second-order valence-electron chi connectivity index (χ2n) is 6.05. The summed E-state index contributed by atoms with van der Waals surface area (Å²) in [4.78, 5) is 29.7. The van der Waals surface area contributed by atoms with E-state index in [2.05, 4.69) is 10.00 Å². The van der Waals surface area contributed by atoms with Crippen molar-refractivity contribution in [1.82, 2.24) is 19.6 Å². The van der Waals surface area contributed by atoms with Crippen LogP contribution < -0.4 is 5.56 Å². The third kappa shape index (κ3) is 4.48. The lowest BCUT2D eigenvalue weighted by molar-refractivity contribution is 0.0621. The van der Waals surface area contributed by atoms with Crippen LogP contribution in [0.5, 0.6) is 0 Å². The van der Waals surface area contributed by atoms with E-state index in [0.29, 0.717) is 25.3 Å². The molecule has 3 rings (SSSR count). The number of aryl methyl sites for hydroxylation is 1. The lowest BCUT2D eigenvalue weighted by Crippen LogP contribution is -2.48. The Kier molecular flexibility index (Phi) is 5.88. The molecule has 134 valence electrons. The second kappa shape index (κ2) is 8.12. The first kappa shape index (κ1) is 18.1. The van der Waals surface area contributed by atoms with Gasteiger partial charge in [-0.3, -0.25) is 14.5 Å². The van der Waals surface area contributed by atoms with Crippen molar-refractivity contribution >= 4 is 28.8 Å².